The number of halogens is 2. The quantitative estimate of drug-likeness (QED) is 0.478. The van der Waals surface area contributed by atoms with E-state index < -0.39 is 11.6 Å². The monoisotopic (exact) mass is 429 g/mol. The molecule has 0 saturated carbocycles. The molecule has 5 nitrogen and oxygen atoms in total. The fourth-order valence-corrected chi connectivity index (χ4v) is 4.40. The fourth-order valence-electron chi connectivity index (χ4n) is 4.40. The summed E-state index contributed by atoms with van der Waals surface area (Å²) in [6.07, 6.45) is 3.65. The van der Waals surface area contributed by atoms with Crippen molar-refractivity contribution in [3.05, 3.63) is 54.4 Å². The van der Waals surface area contributed by atoms with E-state index in [2.05, 4.69) is 53.5 Å². The smallest absolute Gasteiger partial charge is 0.161 e. The Hall–Kier alpha value is -2.54. The molecule has 3 rings (SSSR count). The number of likely N-dealkylation sites (tertiary alicyclic amines) is 1. The van der Waals surface area contributed by atoms with Crippen LogP contribution in [0.2, 0.25) is 0 Å². The lowest BCUT2D eigenvalue weighted by molar-refractivity contribution is 0.245. The Morgan fingerprint density at radius 1 is 1.16 bits per heavy atom. The molecule has 0 amide bonds. The van der Waals surface area contributed by atoms with E-state index in [0.29, 0.717) is 18.5 Å². The van der Waals surface area contributed by atoms with E-state index in [1.54, 1.807) is 0 Å². The van der Waals surface area contributed by atoms with Crippen LogP contribution in [0.4, 0.5) is 14.5 Å². The first-order valence-electron chi connectivity index (χ1n) is 10.8. The number of piperazine rings is 1. The number of nitrogens with zero attached hydrogens (tertiary/aromatic N) is 5. The number of amidine groups is 1. The Kier molecular flexibility index (Phi) is 7.26. The third kappa shape index (κ3) is 5.21. The molecule has 0 radical (unpaired) electrons. The predicted octanol–water partition coefficient (Wildman–Crippen LogP) is 4.31. The van der Waals surface area contributed by atoms with E-state index >= 15 is 0 Å². The first-order valence-corrected chi connectivity index (χ1v) is 10.8. The Morgan fingerprint density at radius 2 is 1.87 bits per heavy atom. The molecular weight excluding hydrogens is 396 g/mol. The summed E-state index contributed by atoms with van der Waals surface area (Å²) >= 11 is 0. The van der Waals surface area contributed by atoms with Gasteiger partial charge in [0, 0.05) is 57.2 Å². The van der Waals surface area contributed by atoms with Gasteiger partial charge in [-0.2, -0.15) is 0 Å². The Morgan fingerprint density at radius 3 is 2.45 bits per heavy atom. The number of hydrogen-bond donors (Lipinski definition) is 0. The van der Waals surface area contributed by atoms with Crippen molar-refractivity contribution in [1.82, 2.24) is 9.80 Å². The fraction of sp³-hybridized carbons (Fsp3) is 0.500. The molecule has 0 N–H and O–H groups in total. The highest BCUT2D eigenvalue weighted by molar-refractivity contribution is 6.02. The van der Waals surface area contributed by atoms with Crippen LogP contribution in [0.25, 0.3) is 0 Å². The second-order valence-electron chi connectivity index (χ2n) is 8.74. The van der Waals surface area contributed by atoms with Gasteiger partial charge in [-0.1, -0.05) is 27.0 Å². The molecule has 2 aliphatic rings. The molecule has 168 valence electrons. The van der Waals surface area contributed by atoms with Crippen LogP contribution >= 0.6 is 0 Å². The van der Waals surface area contributed by atoms with Crippen LogP contribution in [-0.2, 0) is 0 Å². The topological polar surface area (TPSA) is 34.4 Å². The van der Waals surface area contributed by atoms with Crippen molar-refractivity contribution in [1.29, 1.82) is 0 Å². The first-order chi connectivity index (χ1) is 14.8. The van der Waals surface area contributed by atoms with Crippen LogP contribution in [0.5, 0.6) is 0 Å². The van der Waals surface area contributed by atoms with Gasteiger partial charge in [-0.3, -0.25) is 4.90 Å². The molecule has 0 bridgehead atoms. The minimum absolute atomic E-state index is 0.0140. The molecule has 0 unspecified atom stereocenters. The van der Waals surface area contributed by atoms with Crippen molar-refractivity contribution < 1.29 is 8.78 Å². The third-order valence-electron chi connectivity index (χ3n) is 6.60. The minimum Gasteiger partial charge on any atom is -0.371 e. The van der Waals surface area contributed by atoms with Crippen molar-refractivity contribution in [2.75, 3.05) is 50.7 Å². The van der Waals surface area contributed by atoms with Crippen LogP contribution in [-0.4, -0.2) is 68.2 Å². The van der Waals surface area contributed by atoms with E-state index in [1.165, 1.54) is 25.1 Å². The molecule has 7 heteroatoms. The van der Waals surface area contributed by atoms with E-state index in [-0.39, 0.29) is 17.1 Å². The number of aliphatic imine (C=N–C) groups is 2. The second-order valence-corrected chi connectivity index (χ2v) is 8.74. The SMILES string of the molecule is C=CN=C(N=C)c1cc(F)c(N2CCN(C(=C)CN3CC[C@](C)(CC)C3)CC2)cc1F. The molecule has 2 fully saturated rings. The van der Waals surface area contributed by atoms with E-state index in [0.717, 1.165) is 44.5 Å². The molecule has 0 spiro atoms. The maximum atomic E-state index is 14.8. The van der Waals surface area contributed by atoms with Crippen LogP contribution in [0, 0.1) is 17.0 Å². The maximum absolute atomic E-state index is 14.8. The van der Waals surface area contributed by atoms with Gasteiger partial charge in [-0.15, -0.1) is 0 Å². The number of hydrogen-bond acceptors (Lipinski definition) is 4. The molecule has 2 saturated heterocycles. The zero-order valence-electron chi connectivity index (χ0n) is 18.7. The summed E-state index contributed by atoms with van der Waals surface area (Å²) in [5.41, 5.74) is 1.74. The standard InChI is InChI=1S/C24H33F2N5/c1-6-24(4)8-9-29(17-24)16-18(3)30-10-12-31(13-11-30)22-15-20(25)19(14-21(22)26)23(27-5)28-7-2/h7,14-15H,2-3,5-6,8-13,16-17H2,1,4H3/t24-/m0/s1. The number of benzene rings is 1. The summed E-state index contributed by atoms with van der Waals surface area (Å²) in [6, 6.07) is 2.35. The van der Waals surface area contributed by atoms with Crippen LogP contribution in [0.3, 0.4) is 0 Å². The molecule has 1 aromatic carbocycles. The average molecular weight is 430 g/mol. The van der Waals surface area contributed by atoms with Crippen LogP contribution in [0.1, 0.15) is 32.3 Å². The summed E-state index contributed by atoms with van der Waals surface area (Å²) in [4.78, 5) is 14.1. The lowest BCUT2D eigenvalue weighted by Crippen LogP contribution is -2.47. The first kappa shape index (κ1) is 23.1. The third-order valence-corrected chi connectivity index (χ3v) is 6.60. The van der Waals surface area contributed by atoms with Gasteiger partial charge in [0.2, 0.25) is 0 Å². The van der Waals surface area contributed by atoms with Crippen LogP contribution in [0.15, 0.2) is 47.2 Å². The summed E-state index contributed by atoms with van der Waals surface area (Å²) < 4.78 is 29.4. The Balaban J connectivity index is 1.61. The largest absolute Gasteiger partial charge is 0.371 e. The van der Waals surface area contributed by atoms with Crippen molar-refractivity contribution in [2.24, 2.45) is 15.4 Å². The van der Waals surface area contributed by atoms with Crippen molar-refractivity contribution in [2.45, 2.75) is 26.7 Å². The average Bonchev–Trinajstić information content (AvgIpc) is 3.14. The summed E-state index contributed by atoms with van der Waals surface area (Å²) in [7, 11) is 0. The Labute approximate surface area is 184 Å². The lowest BCUT2D eigenvalue weighted by atomic mass is 9.87. The highest BCUT2D eigenvalue weighted by atomic mass is 19.1. The zero-order chi connectivity index (χ0) is 22.6. The van der Waals surface area contributed by atoms with Gasteiger partial charge in [0.15, 0.2) is 5.84 Å². The highest BCUT2D eigenvalue weighted by Gasteiger charge is 2.32. The molecule has 1 atom stereocenters. The van der Waals surface area contributed by atoms with Crippen molar-refractivity contribution in [3.8, 4) is 0 Å². The van der Waals surface area contributed by atoms with Gasteiger partial charge < -0.3 is 9.80 Å². The zero-order valence-corrected chi connectivity index (χ0v) is 18.7. The molecule has 2 heterocycles. The molecule has 0 aromatic heterocycles. The number of rotatable bonds is 7. The van der Waals surface area contributed by atoms with E-state index in [9.17, 15) is 8.78 Å². The van der Waals surface area contributed by atoms with Gasteiger partial charge in [0.05, 0.1) is 11.3 Å². The Bertz CT molecular complexity index is 873. The summed E-state index contributed by atoms with van der Waals surface area (Å²) in [5, 5.41) is 0. The molecule has 31 heavy (non-hydrogen) atoms. The van der Waals surface area contributed by atoms with Crippen molar-refractivity contribution in [3.63, 3.8) is 0 Å². The minimum atomic E-state index is -0.579. The summed E-state index contributed by atoms with van der Waals surface area (Å²) in [5.74, 6) is -1.07. The van der Waals surface area contributed by atoms with Gasteiger partial charge in [0.25, 0.3) is 0 Å². The molecule has 2 aliphatic heterocycles. The molecule has 1 aromatic rings. The summed E-state index contributed by atoms with van der Waals surface area (Å²) in [6.45, 7) is 21.5. The van der Waals surface area contributed by atoms with Crippen molar-refractivity contribution >= 4 is 18.2 Å². The van der Waals surface area contributed by atoms with E-state index in [4.69, 9.17) is 0 Å². The lowest BCUT2D eigenvalue weighted by Gasteiger charge is -2.39. The highest BCUT2D eigenvalue weighted by Crippen LogP contribution is 2.33. The van der Waals surface area contributed by atoms with Gasteiger partial charge in [-0.05, 0) is 37.6 Å². The molecule has 0 aliphatic carbocycles. The molecular formula is C24H33F2N5. The maximum Gasteiger partial charge on any atom is 0.161 e. The predicted molar refractivity (Wildman–Crippen MR) is 125 cm³/mol. The normalized spacial score (nSPS) is 22.6. The number of anilines is 1. The second kappa shape index (κ2) is 9.73. The van der Waals surface area contributed by atoms with Gasteiger partial charge in [0.1, 0.15) is 11.6 Å². The van der Waals surface area contributed by atoms with E-state index in [1.807, 2.05) is 4.90 Å². The van der Waals surface area contributed by atoms with Gasteiger partial charge in [-0.25, -0.2) is 18.8 Å². The van der Waals surface area contributed by atoms with Gasteiger partial charge >= 0.3 is 0 Å². The van der Waals surface area contributed by atoms with Crippen LogP contribution < -0.4 is 4.90 Å².